The van der Waals surface area contributed by atoms with Crippen LogP contribution in [0.5, 0.6) is 0 Å². The van der Waals surface area contributed by atoms with E-state index in [1.165, 1.54) is 36.0 Å². The van der Waals surface area contributed by atoms with Gasteiger partial charge < -0.3 is 5.11 Å². The highest BCUT2D eigenvalue weighted by molar-refractivity contribution is 5.78. The number of aryl methyl sites for hydroxylation is 2. The minimum Gasteiger partial charge on any atom is -0.480 e. The molecule has 0 aromatic heterocycles. The van der Waals surface area contributed by atoms with Crippen molar-refractivity contribution >= 4 is 5.97 Å². The molecule has 2 rings (SSSR count). The molecule has 1 aliphatic carbocycles. The van der Waals surface area contributed by atoms with Gasteiger partial charge in [-0.3, -0.25) is 10.1 Å². The van der Waals surface area contributed by atoms with Gasteiger partial charge in [0.05, 0.1) is 0 Å². The van der Waals surface area contributed by atoms with E-state index in [0.29, 0.717) is 6.42 Å². The topological polar surface area (TPSA) is 49.3 Å². The Morgan fingerprint density at radius 3 is 2.64 bits per heavy atom. The predicted octanol–water partition coefficient (Wildman–Crippen LogP) is 4.25. The highest BCUT2D eigenvalue weighted by Gasteiger charge is 2.33. The number of unbranched alkanes of at least 4 members (excludes halogenated alkanes) is 1. The fourth-order valence-electron chi connectivity index (χ4n) is 3.36. The van der Waals surface area contributed by atoms with Crippen LogP contribution >= 0.6 is 0 Å². The van der Waals surface area contributed by atoms with E-state index in [9.17, 15) is 9.90 Å². The zero-order chi connectivity index (χ0) is 16.2. The van der Waals surface area contributed by atoms with Gasteiger partial charge in [0.2, 0.25) is 0 Å². The summed E-state index contributed by atoms with van der Waals surface area (Å²) in [5.41, 5.74) is 3.26. The number of carbonyl (C=O) groups is 1. The molecule has 1 aromatic carbocycles. The Morgan fingerprint density at radius 2 is 2.00 bits per heavy atom. The van der Waals surface area contributed by atoms with Crippen molar-refractivity contribution in [3.8, 4) is 0 Å². The summed E-state index contributed by atoms with van der Waals surface area (Å²) in [4.78, 5) is 11.7. The summed E-state index contributed by atoms with van der Waals surface area (Å²) in [6.45, 7) is 5.97. The molecular formula is C19H29NO2. The third kappa shape index (κ3) is 3.89. The Hall–Kier alpha value is -1.35. The molecule has 1 aromatic rings. The van der Waals surface area contributed by atoms with E-state index in [1.807, 2.05) is 0 Å². The molecule has 1 aliphatic rings. The molecule has 0 fully saturated rings. The highest BCUT2D eigenvalue weighted by Crippen LogP contribution is 2.26. The average Bonchev–Trinajstić information content (AvgIpc) is 2.52. The standard InChI is InChI=1S/C19H29NO2/c1-4-5-12-19(3,18(21)22)20-14(2)16-11-10-15-8-6-7-9-17(15)13-16/h10-11,13-14,20H,4-9,12H2,1-3H3,(H,21,22)/t14-,19?/m1/s1. The summed E-state index contributed by atoms with van der Waals surface area (Å²) in [5.74, 6) is -0.759. The van der Waals surface area contributed by atoms with Crippen molar-refractivity contribution in [3.63, 3.8) is 0 Å². The molecule has 0 spiro atoms. The lowest BCUT2D eigenvalue weighted by Crippen LogP contribution is -2.50. The van der Waals surface area contributed by atoms with Gasteiger partial charge in [0.1, 0.15) is 5.54 Å². The molecule has 3 heteroatoms. The van der Waals surface area contributed by atoms with Crippen molar-refractivity contribution in [1.82, 2.24) is 5.32 Å². The van der Waals surface area contributed by atoms with Gasteiger partial charge in [0, 0.05) is 6.04 Å². The quantitative estimate of drug-likeness (QED) is 0.791. The molecular weight excluding hydrogens is 274 g/mol. The monoisotopic (exact) mass is 303 g/mol. The van der Waals surface area contributed by atoms with E-state index in [2.05, 4.69) is 37.4 Å². The molecule has 122 valence electrons. The van der Waals surface area contributed by atoms with Crippen molar-refractivity contribution in [1.29, 1.82) is 0 Å². The van der Waals surface area contributed by atoms with Gasteiger partial charge in [0.25, 0.3) is 0 Å². The second kappa shape index (κ2) is 7.28. The number of carboxylic acids is 1. The summed E-state index contributed by atoms with van der Waals surface area (Å²) in [6.07, 6.45) is 7.48. The smallest absolute Gasteiger partial charge is 0.323 e. The summed E-state index contributed by atoms with van der Waals surface area (Å²) < 4.78 is 0. The number of hydrogen-bond donors (Lipinski definition) is 2. The molecule has 0 amide bonds. The van der Waals surface area contributed by atoms with Crippen LogP contribution in [0.2, 0.25) is 0 Å². The van der Waals surface area contributed by atoms with E-state index in [-0.39, 0.29) is 6.04 Å². The third-order valence-electron chi connectivity index (χ3n) is 4.91. The summed E-state index contributed by atoms with van der Waals surface area (Å²) in [5, 5.41) is 12.9. The zero-order valence-corrected chi connectivity index (χ0v) is 14.1. The molecule has 0 saturated heterocycles. The number of aliphatic carboxylic acids is 1. The van der Waals surface area contributed by atoms with Gasteiger partial charge in [0.15, 0.2) is 0 Å². The van der Waals surface area contributed by atoms with Crippen molar-refractivity contribution < 1.29 is 9.90 Å². The van der Waals surface area contributed by atoms with Gasteiger partial charge in [-0.1, -0.05) is 38.0 Å². The van der Waals surface area contributed by atoms with Gasteiger partial charge in [-0.25, -0.2) is 0 Å². The van der Waals surface area contributed by atoms with Crippen LogP contribution in [0.4, 0.5) is 0 Å². The van der Waals surface area contributed by atoms with Gasteiger partial charge >= 0.3 is 5.97 Å². The molecule has 0 bridgehead atoms. The normalized spacial score (nSPS) is 18.3. The first-order chi connectivity index (χ1) is 10.5. The summed E-state index contributed by atoms with van der Waals surface area (Å²) >= 11 is 0. The largest absolute Gasteiger partial charge is 0.480 e. The second-order valence-corrected chi connectivity index (χ2v) is 6.84. The fraction of sp³-hybridized carbons (Fsp3) is 0.632. The minimum absolute atomic E-state index is 0.0465. The van der Waals surface area contributed by atoms with Crippen LogP contribution in [0.1, 0.15) is 75.6 Å². The van der Waals surface area contributed by atoms with Crippen molar-refractivity contribution in [2.24, 2.45) is 0 Å². The molecule has 3 nitrogen and oxygen atoms in total. The first kappa shape index (κ1) is 17.0. The van der Waals surface area contributed by atoms with E-state index in [1.54, 1.807) is 6.92 Å². The van der Waals surface area contributed by atoms with E-state index < -0.39 is 11.5 Å². The molecule has 2 atom stereocenters. The van der Waals surface area contributed by atoms with Gasteiger partial charge in [-0.15, -0.1) is 0 Å². The average molecular weight is 303 g/mol. The lowest BCUT2D eigenvalue weighted by atomic mass is 9.88. The summed E-state index contributed by atoms with van der Waals surface area (Å²) in [6, 6.07) is 6.70. The van der Waals surface area contributed by atoms with Crippen LogP contribution in [0.25, 0.3) is 0 Å². The van der Waals surface area contributed by atoms with Crippen LogP contribution < -0.4 is 5.32 Å². The maximum absolute atomic E-state index is 11.7. The number of carboxylic acid groups (broad SMARTS) is 1. The first-order valence-corrected chi connectivity index (χ1v) is 8.59. The molecule has 0 radical (unpaired) electrons. The van der Waals surface area contributed by atoms with Crippen LogP contribution in [0, 0.1) is 0 Å². The van der Waals surface area contributed by atoms with Crippen LogP contribution in [0.3, 0.4) is 0 Å². The molecule has 1 unspecified atom stereocenters. The molecule has 0 aliphatic heterocycles. The fourth-order valence-corrected chi connectivity index (χ4v) is 3.36. The number of fused-ring (bicyclic) bond motifs is 1. The van der Waals surface area contributed by atoms with Crippen molar-refractivity contribution in [2.75, 3.05) is 0 Å². The van der Waals surface area contributed by atoms with E-state index in [0.717, 1.165) is 19.3 Å². The number of hydrogen-bond acceptors (Lipinski definition) is 2. The molecule has 0 heterocycles. The Balaban J connectivity index is 2.12. The Bertz CT molecular complexity index is 526. The number of nitrogens with one attached hydrogen (secondary N) is 1. The van der Waals surface area contributed by atoms with Crippen LogP contribution in [-0.2, 0) is 17.6 Å². The molecule has 2 N–H and O–H groups in total. The maximum Gasteiger partial charge on any atom is 0.323 e. The zero-order valence-electron chi connectivity index (χ0n) is 14.1. The SMILES string of the molecule is CCCCC(C)(N[C@H](C)c1ccc2c(c1)CCCC2)C(=O)O. The minimum atomic E-state index is -0.856. The maximum atomic E-state index is 11.7. The van der Waals surface area contributed by atoms with Gasteiger partial charge in [-0.2, -0.15) is 0 Å². The molecule has 0 saturated carbocycles. The predicted molar refractivity (Wildman–Crippen MR) is 90.2 cm³/mol. The Kier molecular flexibility index (Phi) is 5.63. The van der Waals surface area contributed by atoms with Crippen LogP contribution in [0.15, 0.2) is 18.2 Å². The lowest BCUT2D eigenvalue weighted by Gasteiger charge is -2.31. The van der Waals surface area contributed by atoms with Crippen molar-refractivity contribution in [3.05, 3.63) is 34.9 Å². The number of benzene rings is 1. The van der Waals surface area contributed by atoms with Gasteiger partial charge in [-0.05, 0) is 62.6 Å². The van der Waals surface area contributed by atoms with Crippen molar-refractivity contribution in [2.45, 2.75) is 77.3 Å². The first-order valence-electron chi connectivity index (χ1n) is 8.59. The summed E-state index contributed by atoms with van der Waals surface area (Å²) in [7, 11) is 0. The van der Waals surface area contributed by atoms with E-state index in [4.69, 9.17) is 0 Å². The Morgan fingerprint density at radius 1 is 1.32 bits per heavy atom. The molecule has 22 heavy (non-hydrogen) atoms. The third-order valence-corrected chi connectivity index (χ3v) is 4.91. The van der Waals surface area contributed by atoms with Crippen LogP contribution in [-0.4, -0.2) is 16.6 Å². The lowest BCUT2D eigenvalue weighted by molar-refractivity contribution is -0.144. The number of rotatable bonds is 7. The van der Waals surface area contributed by atoms with E-state index >= 15 is 0 Å². The second-order valence-electron chi connectivity index (χ2n) is 6.84. The highest BCUT2D eigenvalue weighted by atomic mass is 16.4. The Labute approximate surface area is 134 Å².